The standard InChI is InChI=1S/C4H5N3O2.ClH/c8-4(9)6-7-3-1-2-5-7;/h1-3,6H,(H,8,9);1H. The van der Waals surface area contributed by atoms with Crippen LogP contribution < -0.4 is 5.43 Å². The van der Waals surface area contributed by atoms with E-state index >= 15 is 0 Å². The monoisotopic (exact) mass is 163 g/mol. The second-order valence-corrected chi connectivity index (χ2v) is 1.37. The minimum absolute atomic E-state index is 0. The molecule has 1 aromatic rings. The molecule has 56 valence electrons. The van der Waals surface area contributed by atoms with Gasteiger partial charge >= 0.3 is 6.09 Å². The first-order valence-electron chi connectivity index (χ1n) is 2.28. The number of hydrogen-bond acceptors (Lipinski definition) is 2. The van der Waals surface area contributed by atoms with Crippen LogP contribution in [0.1, 0.15) is 0 Å². The molecule has 2 N–H and O–H groups in total. The summed E-state index contributed by atoms with van der Waals surface area (Å²) < 4.78 is 0. The van der Waals surface area contributed by atoms with Crippen LogP contribution in [0.15, 0.2) is 18.5 Å². The number of carboxylic acid groups (broad SMARTS) is 1. The highest BCUT2D eigenvalue weighted by Crippen LogP contribution is 1.77. The van der Waals surface area contributed by atoms with Crippen LogP contribution in [0.4, 0.5) is 4.79 Å². The van der Waals surface area contributed by atoms with Crippen LogP contribution in [0.2, 0.25) is 0 Å². The first-order chi connectivity index (χ1) is 4.29. The number of nitrogens with zero attached hydrogens (tertiary/aromatic N) is 2. The molecule has 0 aliphatic heterocycles. The highest BCUT2D eigenvalue weighted by atomic mass is 35.5. The number of rotatable bonds is 1. The molecule has 1 rings (SSSR count). The Kier molecular flexibility index (Phi) is 3.27. The van der Waals surface area contributed by atoms with Gasteiger partial charge in [0, 0.05) is 6.20 Å². The second-order valence-electron chi connectivity index (χ2n) is 1.37. The summed E-state index contributed by atoms with van der Waals surface area (Å²) >= 11 is 0. The Morgan fingerprint density at radius 1 is 1.70 bits per heavy atom. The maximum Gasteiger partial charge on any atom is 0.425 e. The molecule has 0 aliphatic rings. The van der Waals surface area contributed by atoms with E-state index in [4.69, 9.17) is 5.11 Å². The lowest BCUT2D eigenvalue weighted by molar-refractivity contribution is 0.205. The molecule has 0 fully saturated rings. The van der Waals surface area contributed by atoms with Gasteiger partial charge in [0.25, 0.3) is 0 Å². The maximum absolute atomic E-state index is 9.89. The Morgan fingerprint density at radius 3 is 2.80 bits per heavy atom. The SMILES string of the molecule is Cl.O=C(O)Nn1cccn1. The van der Waals surface area contributed by atoms with Crippen molar-refractivity contribution in [2.45, 2.75) is 0 Å². The third-order valence-electron chi connectivity index (χ3n) is 0.715. The number of halogens is 1. The molecule has 1 amide bonds. The Balaban J connectivity index is 0.000000810. The summed E-state index contributed by atoms with van der Waals surface area (Å²) in [6.07, 6.45) is 1.85. The van der Waals surface area contributed by atoms with Crippen LogP contribution in [0, 0.1) is 0 Å². The summed E-state index contributed by atoms with van der Waals surface area (Å²) in [5.74, 6) is 0. The van der Waals surface area contributed by atoms with Crippen molar-refractivity contribution in [3.8, 4) is 0 Å². The Bertz CT molecular complexity index is 198. The highest BCUT2D eigenvalue weighted by Gasteiger charge is 1.91. The van der Waals surface area contributed by atoms with Gasteiger partial charge in [0.15, 0.2) is 0 Å². The van der Waals surface area contributed by atoms with Crippen LogP contribution in [0.25, 0.3) is 0 Å². The van der Waals surface area contributed by atoms with Crippen molar-refractivity contribution in [2.75, 3.05) is 5.43 Å². The minimum Gasteiger partial charge on any atom is -0.464 e. The maximum atomic E-state index is 9.89. The molecule has 10 heavy (non-hydrogen) atoms. The summed E-state index contributed by atoms with van der Waals surface area (Å²) in [5.41, 5.74) is 2.01. The number of nitrogens with one attached hydrogen (secondary N) is 1. The summed E-state index contributed by atoms with van der Waals surface area (Å²) in [6, 6.07) is 1.62. The zero-order valence-corrected chi connectivity index (χ0v) is 5.71. The van der Waals surface area contributed by atoms with Crippen molar-refractivity contribution in [3.63, 3.8) is 0 Å². The fraction of sp³-hybridized carbons (Fsp3) is 0. The van der Waals surface area contributed by atoms with Gasteiger partial charge in [-0.1, -0.05) is 0 Å². The van der Waals surface area contributed by atoms with E-state index in [0.717, 1.165) is 4.79 Å². The molecule has 0 aliphatic carbocycles. The fourth-order valence-corrected chi connectivity index (χ4v) is 0.433. The quantitative estimate of drug-likeness (QED) is 0.635. The number of aromatic nitrogens is 2. The van der Waals surface area contributed by atoms with Crippen LogP contribution in [0.3, 0.4) is 0 Å². The Labute approximate surface area is 63.0 Å². The van der Waals surface area contributed by atoms with E-state index in [1.54, 1.807) is 6.07 Å². The highest BCUT2D eigenvalue weighted by molar-refractivity contribution is 5.85. The van der Waals surface area contributed by atoms with Crippen molar-refractivity contribution in [3.05, 3.63) is 18.5 Å². The molecule has 0 saturated carbocycles. The summed E-state index contributed by atoms with van der Waals surface area (Å²) in [6.45, 7) is 0. The molecule has 0 unspecified atom stereocenters. The van der Waals surface area contributed by atoms with E-state index in [0.29, 0.717) is 0 Å². The van der Waals surface area contributed by atoms with E-state index < -0.39 is 6.09 Å². The molecule has 0 atom stereocenters. The molecule has 0 saturated heterocycles. The summed E-state index contributed by atoms with van der Waals surface area (Å²) in [4.78, 5) is 11.0. The van der Waals surface area contributed by atoms with Gasteiger partial charge in [-0.15, -0.1) is 12.4 Å². The second kappa shape index (κ2) is 3.73. The smallest absolute Gasteiger partial charge is 0.425 e. The molecule has 0 bridgehead atoms. The molecule has 6 heteroatoms. The summed E-state index contributed by atoms with van der Waals surface area (Å²) in [5, 5.41) is 11.7. The first-order valence-corrected chi connectivity index (χ1v) is 2.28. The predicted octanol–water partition coefficient (Wildman–Crippen LogP) is 0.526. The van der Waals surface area contributed by atoms with Crippen LogP contribution in [-0.4, -0.2) is 21.1 Å². The lowest BCUT2D eigenvalue weighted by Gasteiger charge is -1.95. The third-order valence-corrected chi connectivity index (χ3v) is 0.715. The molecule has 5 nitrogen and oxygen atoms in total. The van der Waals surface area contributed by atoms with Gasteiger partial charge in [0.2, 0.25) is 0 Å². The molecular weight excluding hydrogens is 158 g/mol. The third kappa shape index (κ3) is 2.36. The van der Waals surface area contributed by atoms with Gasteiger partial charge < -0.3 is 5.11 Å². The number of hydrogen-bond donors (Lipinski definition) is 2. The lowest BCUT2D eigenvalue weighted by Crippen LogP contribution is -2.20. The topological polar surface area (TPSA) is 67.2 Å². The van der Waals surface area contributed by atoms with Gasteiger partial charge in [-0.2, -0.15) is 9.89 Å². The number of carbonyl (C=O) groups is 1. The van der Waals surface area contributed by atoms with Gasteiger partial charge in [-0.3, -0.25) is 0 Å². The van der Waals surface area contributed by atoms with Crippen molar-refractivity contribution < 1.29 is 9.90 Å². The molecule has 0 radical (unpaired) electrons. The largest absolute Gasteiger partial charge is 0.464 e. The van der Waals surface area contributed by atoms with E-state index in [9.17, 15) is 4.79 Å². The normalized spacial score (nSPS) is 8.00. The van der Waals surface area contributed by atoms with Crippen LogP contribution >= 0.6 is 12.4 Å². The van der Waals surface area contributed by atoms with Gasteiger partial charge in [0.05, 0.1) is 6.20 Å². The van der Waals surface area contributed by atoms with Gasteiger partial charge in [0.1, 0.15) is 0 Å². The van der Waals surface area contributed by atoms with Gasteiger partial charge in [-0.25, -0.2) is 10.2 Å². The zero-order chi connectivity index (χ0) is 6.69. The van der Waals surface area contributed by atoms with Crippen LogP contribution in [-0.2, 0) is 0 Å². The van der Waals surface area contributed by atoms with E-state index in [2.05, 4.69) is 5.10 Å². The van der Waals surface area contributed by atoms with E-state index in [1.807, 2.05) is 5.43 Å². The lowest BCUT2D eigenvalue weighted by atomic mass is 10.8. The van der Waals surface area contributed by atoms with E-state index in [-0.39, 0.29) is 12.4 Å². The molecule has 0 aromatic carbocycles. The minimum atomic E-state index is -1.13. The van der Waals surface area contributed by atoms with Crippen molar-refractivity contribution in [2.24, 2.45) is 0 Å². The average molecular weight is 164 g/mol. The van der Waals surface area contributed by atoms with Crippen molar-refractivity contribution >= 4 is 18.5 Å². The molecule has 1 aromatic heterocycles. The predicted molar refractivity (Wildman–Crippen MR) is 36.9 cm³/mol. The molecular formula is C4H6ClN3O2. The molecule has 0 spiro atoms. The number of amides is 1. The average Bonchev–Trinajstić information content (AvgIpc) is 2.15. The van der Waals surface area contributed by atoms with Crippen molar-refractivity contribution in [1.29, 1.82) is 0 Å². The van der Waals surface area contributed by atoms with Crippen LogP contribution in [0.5, 0.6) is 0 Å². The first kappa shape index (κ1) is 8.77. The summed E-state index contributed by atoms with van der Waals surface area (Å²) in [7, 11) is 0. The fourth-order valence-electron chi connectivity index (χ4n) is 0.433. The van der Waals surface area contributed by atoms with E-state index in [1.165, 1.54) is 12.4 Å². The Morgan fingerprint density at radius 2 is 2.40 bits per heavy atom. The Hall–Kier alpha value is -1.23. The molecule has 1 heterocycles. The van der Waals surface area contributed by atoms with Gasteiger partial charge in [-0.05, 0) is 6.07 Å². The van der Waals surface area contributed by atoms with Crippen molar-refractivity contribution in [1.82, 2.24) is 9.89 Å². The zero-order valence-electron chi connectivity index (χ0n) is 4.89.